The van der Waals surface area contributed by atoms with Gasteiger partial charge in [0.25, 0.3) is 0 Å². The van der Waals surface area contributed by atoms with Crippen molar-refractivity contribution in [2.75, 3.05) is 0 Å². The molecule has 0 aliphatic heterocycles. The molecule has 8 aromatic rings. The van der Waals surface area contributed by atoms with Crippen molar-refractivity contribution in [1.82, 2.24) is 15.0 Å². The molecule has 0 bridgehead atoms. The van der Waals surface area contributed by atoms with E-state index in [-0.39, 0.29) is 0 Å². The average Bonchev–Trinajstić information content (AvgIpc) is 3.47. The van der Waals surface area contributed by atoms with Crippen LogP contribution in [0, 0.1) is 0 Å². The fourth-order valence-electron chi connectivity index (χ4n) is 5.58. The second-order valence-electron chi connectivity index (χ2n) is 10.6. The van der Waals surface area contributed by atoms with Crippen molar-refractivity contribution in [3.63, 3.8) is 0 Å². The molecule has 0 saturated carbocycles. The number of benzene rings is 6. The number of furan rings is 1. The van der Waals surface area contributed by atoms with E-state index in [0.717, 1.165) is 54.2 Å². The lowest BCUT2D eigenvalue weighted by molar-refractivity contribution is 0.669. The van der Waals surface area contributed by atoms with E-state index in [2.05, 4.69) is 101 Å². The van der Waals surface area contributed by atoms with Gasteiger partial charge in [-0.15, -0.1) is 0 Å². The summed E-state index contributed by atoms with van der Waals surface area (Å²) >= 11 is 3.58. The second-order valence-corrected chi connectivity index (χ2v) is 11.6. The molecule has 8 rings (SSSR count). The van der Waals surface area contributed by atoms with E-state index < -0.39 is 0 Å². The van der Waals surface area contributed by atoms with Gasteiger partial charge in [-0.2, -0.15) is 0 Å². The molecular weight excluding hydrogens is 606 g/mol. The second kappa shape index (κ2) is 11.0. The number of para-hydroxylation sites is 1. The van der Waals surface area contributed by atoms with Crippen LogP contribution < -0.4 is 0 Å². The molecule has 2 heterocycles. The average molecular weight is 631 g/mol. The van der Waals surface area contributed by atoms with Gasteiger partial charge in [0.1, 0.15) is 11.2 Å². The smallest absolute Gasteiger partial charge is 0.164 e. The SMILES string of the molecule is Brc1cccc(-c2ccc(-c3cccc(-c4nc(-c5ccccc5)nc(-c5ccc6c(c5)oc5ccccc56)n4)c3)cc2)c1. The van der Waals surface area contributed by atoms with Gasteiger partial charge in [-0.25, -0.2) is 15.0 Å². The van der Waals surface area contributed by atoms with Crippen LogP contribution in [-0.4, -0.2) is 15.0 Å². The molecule has 0 amide bonds. The van der Waals surface area contributed by atoms with E-state index >= 15 is 0 Å². The molecule has 0 atom stereocenters. The first kappa shape index (κ1) is 26.3. The van der Waals surface area contributed by atoms with Gasteiger partial charge in [-0.3, -0.25) is 0 Å². The van der Waals surface area contributed by atoms with Crippen LogP contribution in [0.4, 0.5) is 0 Å². The van der Waals surface area contributed by atoms with Crippen molar-refractivity contribution in [2.24, 2.45) is 0 Å². The number of hydrogen-bond acceptors (Lipinski definition) is 4. The summed E-state index contributed by atoms with van der Waals surface area (Å²) in [5.74, 6) is 1.84. The van der Waals surface area contributed by atoms with Gasteiger partial charge in [0.2, 0.25) is 0 Å². The molecule has 0 aliphatic carbocycles. The predicted octanol–water partition coefficient (Wildman–Crippen LogP) is 10.9. The zero-order valence-corrected chi connectivity index (χ0v) is 25.1. The summed E-state index contributed by atoms with van der Waals surface area (Å²) in [7, 11) is 0. The minimum Gasteiger partial charge on any atom is -0.456 e. The highest BCUT2D eigenvalue weighted by atomic mass is 79.9. The van der Waals surface area contributed by atoms with Crippen molar-refractivity contribution in [3.8, 4) is 56.4 Å². The van der Waals surface area contributed by atoms with Crippen LogP contribution in [0.1, 0.15) is 0 Å². The summed E-state index contributed by atoms with van der Waals surface area (Å²) in [6, 6.07) is 49.6. The summed E-state index contributed by atoms with van der Waals surface area (Å²) in [6.07, 6.45) is 0. The van der Waals surface area contributed by atoms with Crippen LogP contribution in [-0.2, 0) is 0 Å². The van der Waals surface area contributed by atoms with Crippen LogP contribution in [0.2, 0.25) is 0 Å². The summed E-state index contributed by atoms with van der Waals surface area (Å²) < 4.78 is 7.24. The molecule has 0 saturated heterocycles. The van der Waals surface area contributed by atoms with Crippen molar-refractivity contribution < 1.29 is 4.42 Å². The number of nitrogens with zero attached hydrogens (tertiary/aromatic N) is 3. The van der Waals surface area contributed by atoms with Gasteiger partial charge in [0.05, 0.1) is 0 Å². The Morgan fingerprint density at radius 2 is 0.886 bits per heavy atom. The third kappa shape index (κ3) is 4.97. The third-order valence-electron chi connectivity index (χ3n) is 7.80. The Morgan fingerprint density at radius 3 is 1.61 bits per heavy atom. The van der Waals surface area contributed by atoms with Gasteiger partial charge in [-0.1, -0.05) is 125 Å². The van der Waals surface area contributed by atoms with E-state index in [1.54, 1.807) is 0 Å². The van der Waals surface area contributed by atoms with Crippen molar-refractivity contribution in [3.05, 3.63) is 150 Å². The monoisotopic (exact) mass is 629 g/mol. The molecule has 0 spiro atoms. The molecule has 4 nitrogen and oxygen atoms in total. The summed E-state index contributed by atoms with van der Waals surface area (Å²) in [5, 5.41) is 2.16. The summed E-state index contributed by atoms with van der Waals surface area (Å²) in [6.45, 7) is 0. The van der Waals surface area contributed by atoms with Gasteiger partial charge >= 0.3 is 0 Å². The van der Waals surface area contributed by atoms with Gasteiger partial charge in [0.15, 0.2) is 17.5 Å². The van der Waals surface area contributed by atoms with Crippen molar-refractivity contribution in [1.29, 1.82) is 0 Å². The maximum absolute atomic E-state index is 6.18. The zero-order valence-electron chi connectivity index (χ0n) is 23.5. The number of aromatic nitrogens is 3. The fraction of sp³-hybridized carbons (Fsp3) is 0. The highest BCUT2D eigenvalue weighted by Crippen LogP contribution is 2.33. The summed E-state index contributed by atoms with van der Waals surface area (Å²) in [5.41, 5.74) is 8.95. The van der Waals surface area contributed by atoms with E-state index in [0.29, 0.717) is 17.5 Å². The number of hydrogen-bond donors (Lipinski definition) is 0. The highest BCUT2D eigenvalue weighted by Gasteiger charge is 2.15. The Kier molecular flexibility index (Phi) is 6.58. The lowest BCUT2D eigenvalue weighted by Gasteiger charge is -2.10. The fourth-order valence-corrected chi connectivity index (χ4v) is 5.98. The first-order chi connectivity index (χ1) is 21.7. The van der Waals surface area contributed by atoms with Crippen LogP contribution in [0.3, 0.4) is 0 Å². The normalized spacial score (nSPS) is 11.3. The van der Waals surface area contributed by atoms with E-state index in [4.69, 9.17) is 19.4 Å². The van der Waals surface area contributed by atoms with E-state index in [9.17, 15) is 0 Å². The van der Waals surface area contributed by atoms with Crippen molar-refractivity contribution in [2.45, 2.75) is 0 Å². The molecule has 0 fully saturated rings. The highest BCUT2D eigenvalue weighted by molar-refractivity contribution is 9.10. The minimum atomic E-state index is 0.597. The lowest BCUT2D eigenvalue weighted by Crippen LogP contribution is -2.00. The zero-order chi connectivity index (χ0) is 29.5. The van der Waals surface area contributed by atoms with Gasteiger partial charge < -0.3 is 4.42 Å². The Hall–Kier alpha value is -5.39. The Bertz CT molecular complexity index is 2290. The van der Waals surface area contributed by atoms with Gasteiger partial charge in [0, 0.05) is 31.9 Å². The molecule has 0 radical (unpaired) electrons. The molecule has 0 N–H and O–H groups in total. The van der Waals surface area contributed by atoms with Crippen molar-refractivity contribution >= 4 is 37.9 Å². The standard InChI is InChI=1S/C39H24BrN3O/c40-32-13-7-11-29(23-32)26-18-16-25(17-19-26)28-10-6-12-30(22-28)38-41-37(27-8-2-1-3-9-27)42-39(43-38)31-20-21-34-33-14-4-5-15-35(33)44-36(34)24-31/h1-24H. The third-order valence-corrected chi connectivity index (χ3v) is 8.29. The lowest BCUT2D eigenvalue weighted by atomic mass is 9.99. The van der Waals surface area contributed by atoms with Crippen LogP contribution in [0.25, 0.3) is 78.4 Å². The number of rotatable bonds is 5. The van der Waals surface area contributed by atoms with E-state index in [1.165, 1.54) is 11.1 Å². The molecule has 208 valence electrons. The Labute approximate surface area is 262 Å². The molecule has 0 unspecified atom stereocenters. The molecule has 2 aromatic heterocycles. The maximum Gasteiger partial charge on any atom is 0.164 e. The Balaban J connectivity index is 1.21. The largest absolute Gasteiger partial charge is 0.456 e. The topological polar surface area (TPSA) is 51.8 Å². The molecule has 0 aliphatic rings. The van der Waals surface area contributed by atoms with Crippen LogP contribution in [0.15, 0.2) is 154 Å². The van der Waals surface area contributed by atoms with E-state index in [1.807, 2.05) is 60.7 Å². The number of halogens is 1. The quantitative estimate of drug-likeness (QED) is 0.190. The van der Waals surface area contributed by atoms with Crippen LogP contribution in [0.5, 0.6) is 0 Å². The number of fused-ring (bicyclic) bond motifs is 3. The first-order valence-electron chi connectivity index (χ1n) is 14.4. The molecule has 6 aromatic carbocycles. The minimum absolute atomic E-state index is 0.597. The van der Waals surface area contributed by atoms with Gasteiger partial charge in [-0.05, 0) is 58.7 Å². The van der Waals surface area contributed by atoms with Crippen LogP contribution >= 0.6 is 15.9 Å². The molecular formula is C39H24BrN3O. The predicted molar refractivity (Wildman–Crippen MR) is 182 cm³/mol. The Morgan fingerprint density at radius 1 is 0.364 bits per heavy atom. The maximum atomic E-state index is 6.18. The first-order valence-corrected chi connectivity index (χ1v) is 15.2. The molecule has 5 heteroatoms. The molecule has 44 heavy (non-hydrogen) atoms. The summed E-state index contributed by atoms with van der Waals surface area (Å²) in [4.78, 5) is 14.8.